The summed E-state index contributed by atoms with van der Waals surface area (Å²) in [6, 6.07) is 0.447. The number of rotatable bonds is 6. The molecule has 0 radical (unpaired) electrons. The Morgan fingerprint density at radius 1 is 1.33 bits per heavy atom. The van der Waals surface area contributed by atoms with E-state index in [4.69, 9.17) is 10.2 Å². The molecule has 3 N–H and O–H groups in total. The predicted molar refractivity (Wildman–Crippen MR) is 50.0 cm³/mol. The van der Waals surface area contributed by atoms with Crippen LogP contribution in [0.1, 0.15) is 27.2 Å². The monoisotopic (exact) mass is 175 g/mol. The van der Waals surface area contributed by atoms with E-state index in [0.717, 1.165) is 6.42 Å². The molecule has 0 aliphatic heterocycles. The number of hydrogen-bond donors (Lipinski definition) is 3. The molecule has 0 amide bonds. The van der Waals surface area contributed by atoms with E-state index < -0.39 is 0 Å². The molecule has 3 nitrogen and oxygen atoms in total. The van der Waals surface area contributed by atoms with Crippen LogP contribution in [0.3, 0.4) is 0 Å². The summed E-state index contributed by atoms with van der Waals surface area (Å²) in [5.74, 6) is 0. The second-order valence-electron chi connectivity index (χ2n) is 3.82. The summed E-state index contributed by atoms with van der Waals surface area (Å²) >= 11 is 0. The van der Waals surface area contributed by atoms with Crippen LogP contribution in [-0.4, -0.2) is 36.0 Å². The fraction of sp³-hybridized carbons (Fsp3) is 1.00. The van der Waals surface area contributed by atoms with Crippen LogP contribution in [0.4, 0.5) is 0 Å². The highest BCUT2D eigenvalue weighted by Crippen LogP contribution is 2.12. The SMILES string of the molecule is CCC(C)NCC(C)(CO)CO. The largest absolute Gasteiger partial charge is 0.396 e. The van der Waals surface area contributed by atoms with Crippen molar-refractivity contribution < 1.29 is 10.2 Å². The molecule has 0 spiro atoms. The van der Waals surface area contributed by atoms with Gasteiger partial charge < -0.3 is 15.5 Å². The van der Waals surface area contributed by atoms with Gasteiger partial charge in [-0.15, -0.1) is 0 Å². The number of aliphatic hydroxyl groups is 2. The van der Waals surface area contributed by atoms with Gasteiger partial charge in [0.2, 0.25) is 0 Å². The summed E-state index contributed by atoms with van der Waals surface area (Å²) in [5, 5.41) is 21.2. The lowest BCUT2D eigenvalue weighted by Gasteiger charge is -2.26. The molecule has 0 fully saturated rings. The molecule has 3 heteroatoms. The van der Waals surface area contributed by atoms with Gasteiger partial charge in [-0.25, -0.2) is 0 Å². The Labute approximate surface area is 74.8 Å². The Kier molecular flexibility index (Phi) is 5.46. The van der Waals surface area contributed by atoms with Crippen LogP contribution >= 0.6 is 0 Å². The normalized spacial score (nSPS) is 14.8. The fourth-order valence-electron chi connectivity index (χ4n) is 0.727. The van der Waals surface area contributed by atoms with Crippen molar-refractivity contribution in [2.45, 2.75) is 33.2 Å². The van der Waals surface area contributed by atoms with Crippen LogP contribution in [0.15, 0.2) is 0 Å². The molecule has 0 aromatic rings. The number of nitrogens with one attached hydrogen (secondary N) is 1. The van der Waals surface area contributed by atoms with Crippen molar-refractivity contribution in [1.82, 2.24) is 5.32 Å². The molecule has 0 saturated heterocycles. The van der Waals surface area contributed by atoms with Gasteiger partial charge >= 0.3 is 0 Å². The Balaban J connectivity index is 3.72. The van der Waals surface area contributed by atoms with Crippen molar-refractivity contribution in [3.05, 3.63) is 0 Å². The van der Waals surface area contributed by atoms with Crippen molar-refractivity contribution in [3.8, 4) is 0 Å². The standard InChI is InChI=1S/C9H21NO2/c1-4-8(2)10-5-9(3,6-11)7-12/h8,10-12H,4-7H2,1-3H3. The van der Waals surface area contributed by atoms with Gasteiger partial charge in [0, 0.05) is 18.0 Å². The van der Waals surface area contributed by atoms with Crippen molar-refractivity contribution in [2.75, 3.05) is 19.8 Å². The lowest BCUT2D eigenvalue weighted by molar-refractivity contribution is 0.0677. The first-order valence-electron chi connectivity index (χ1n) is 4.53. The Hall–Kier alpha value is -0.120. The molecule has 0 aliphatic rings. The van der Waals surface area contributed by atoms with E-state index in [1.54, 1.807) is 0 Å². The van der Waals surface area contributed by atoms with Gasteiger partial charge in [0.25, 0.3) is 0 Å². The minimum Gasteiger partial charge on any atom is -0.396 e. The van der Waals surface area contributed by atoms with Crippen LogP contribution in [0.5, 0.6) is 0 Å². The minimum absolute atomic E-state index is 0.0208. The third-order valence-corrected chi connectivity index (χ3v) is 2.25. The highest BCUT2D eigenvalue weighted by Gasteiger charge is 2.22. The van der Waals surface area contributed by atoms with Crippen molar-refractivity contribution in [3.63, 3.8) is 0 Å². The van der Waals surface area contributed by atoms with Crippen LogP contribution in [0.25, 0.3) is 0 Å². The smallest absolute Gasteiger partial charge is 0.0518 e. The average Bonchev–Trinajstić information content (AvgIpc) is 2.13. The minimum atomic E-state index is -0.385. The topological polar surface area (TPSA) is 52.5 Å². The quantitative estimate of drug-likeness (QED) is 0.546. The molecule has 1 atom stereocenters. The number of hydrogen-bond acceptors (Lipinski definition) is 3. The van der Waals surface area contributed by atoms with Gasteiger partial charge in [0.05, 0.1) is 13.2 Å². The highest BCUT2D eigenvalue weighted by molar-refractivity contribution is 4.76. The van der Waals surface area contributed by atoms with E-state index in [0.29, 0.717) is 12.6 Å². The van der Waals surface area contributed by atoms with E-state index in [-0.39, 0.29) is 18.6 Å². The summed E-state index contributed by atoms with van der Waals surface area (Å²) in [7, 11) is 0. The third kappa shape index (κ3) is 4.04. The van der Waals surface area contributed by atoms with Gasteiger partial charge in [0.1, 0.15) is 0 Å². The third-order valence-electron chi connectivity index (χ3n) is 2.25. The Bertz CT molecular complexity index is 113. The zero-order valence-electron chi connectivity index (χ0n) is 8.30. The first-order chi connectivity index (χ1) is 5.58. The van der Waals surface area contributed by atoms with E-state index in [1.165, 1.54) is 0 Å². The Morgan fingerprint density at radius 3 is 2.17 bits per heavy atom. The summed E-state index contributed by atoms with van der Waals surface area (Å²) in [4.78, 5) is 0. The zero-order chi connectivity index (χ0) is 9.61. The maximum Gasteiger partial charge on any atom is 0.0518 e. The van der Waals surface area contributed by atoms with Gasteiger partial charge in [0.15, 0.2) is 0 Å². The summed E-state index contributed by atoms with van der Waals surface area (Å²) in [6.07, 6.45) is 1.06. The van der Waals surface area contributed by atoms with Crippen molar-refractivity contribution in [2.24, 2.45) is 5.41 Å². The maximum atomic E-state index is 8.97. The van der Waals surface area contributed by atoms with Crippen LogP contribution in [-0.2, 0) is 0 Å². The zero-order valence-corrected chi connectivity index (χ0v) is 8.30. The predicted octanol–water partition coefficient (Wildman–Crippen LogP) is 0.365. The first-order valence-corrected chi connectivity index (χ1v) is 4.53. The average molecular weight is 175 g/mol. The molecule has 0 aromatic carbocycles. The van der Waals surface area contributed by atoms with E-state index in [9.17, 15) is 0 Å². The molecule has 0 rings (SSSR count). The summed E-state index contributed by atoms with van der Waals surface area (Å²) < 4.78 is 0. The molecule has 0 aromatic heterocycles. The van der Waals surface area contributed by atoms with E-state index >= 15 is 0 Å². The van der Waals surface area contributed by atoms with E-state index in [2.05, 4.69) is 19.2 Å². The maximum absolute atomic E-state index is 8.97. The lowest BCUT2D eigenvalue weighted by Crippen LogP contribution is -2.41. The number of aliphatic hydroxyl groups excluding tert-OH is 2. The van der Waals surface area contributed by atoms with Gasteiger partial charge in [-0.1, -0.05) is 13.8 Å². The van der Waals surface area contributed by atoms with Crippen LogP contribution in [0, 0.1) is 5.41 Å². The lowest BCUT2D eigenvalue weighted by atomic mass is 9.93. The molecular formula is C9H21NO2. The molecule has 0 aliphatic carbocycles. The molecule has 0 saturated carbocycles. The molecule has 74 valence electrons. The molecule has 1 unspecified atom stereocenters. The molecule has 0 heterocycles. The van der Waals surface area contributed by atoms with Crippen molar-refractivity contribution >= 4 is 0 Å². The van der Waals surface area contributed by atoms with E-state index in [1.807, 2.05) is 6.92 Å². The molecule has 0 bridgehead atoms. The summed E-state index contributed by atoms with van der Waals surface area (Å²) in [5.41, 5.74) is -0.385. The molecule has 12 heavy (non-hydrogen) atoms. The Morgan fingerprint density at radius 2 is 1.83 bits per heavy atom. The van der Waals surface area contributed by atoms with Crippen molar-refractivity contribution in [1.29, 1.82) is 0 Å². The highest BCUT2D eigenvalue weighted by atomic mass is 16.3. The second-order valence-corrected chi connectivity index (χ2v) is 3.82. The van der Waals surface area contributed by atoms with Gasteiger partial charge in [-0.2, -0.15) is 0 Å². The summed E-state index contributed by atoms with van der Waals surface area (Å²) in [6.45, 7) is 6.76. The first kappa shape index (κ1) is 11.9. The fourth-order valence-corrected chi connectivity index (χ4v) is 0.727. The second kappa shape index (κ2) is 5.51. The molecular weight excluding hydrogens is 154 g/mol. The van der Waals surface area contributed by atoms with Crippen LogP contribution < -0.4 is 5.32 Å². The van der Waals surface area contributed by atoms with Gasteiger partial charge in [-0.05, 0) is 13.3 Å². The van der Waals surface area contributed by atoms with Crippen LogP contribution in [0.2, 0.25) is 0 Å². The van der Waals surface area contributed by atoms with Gasteiger partial charge in [-0.3, -0.25) is 0 Å².